The summed E-state index contributed by atoms with van der Waals surface area (Å²) in [6.07, 6.45) is 7.01. The highest BCUT2D eigenvalue weighted by Crippen LogP contribution is 2.18. The molecule has 8 nitrogen and oxygen atoms in total. The van der Waals surface area contributed by atoms with Crippen LogP contribution in [0, 0.1) is 0 Å². The maximum Gasteiger partial charge on any atom is 0.261 e. The van der Waals surface area contributed by atoms with Gasteiger partial charge in [0.15, 0.2) is 5.65 Å². The maximum absolute atomic E-state index is 12.7. The van der Waals surface area contributed by atoms with Crippen molar-refractivity contribution in [3.63, 3.8) is 0 Å². The largest absolute Gasteiger partial charge is 0.322 e. The Balaban J connectivity index is 1.56. The molecule has 0 atom stereocenters. The zero-order valence-electron chi connectivity index (χ0n) is 15.3. The Morgan fingerprint density at radius 2 is 2.07 bits per heavy atom. The lowest BCUT2D eigenvalue weighted by Crippen LogP contribution is -2.22. The number of carbonyl (C=O) groups excluding carboxylic acids is 1. The molecule has 0 aliphatic heterocycles. The number of amides is 1. The van der Waals surface area contributed by atoms with E-state index in [0.717, 1.165) is 36.1 Å². The molecule has 0 unspecified atom stereocenters. The number of fused-ring (bicyclic) bond motifs is 2. The van der Waals surface area contributed by atoms with Crippen LogP contribution in [0.2, 0.25) is 0 Å². The van der Waals surface area contributed by atoms with E-state index >= 15 is 0 Å². The average Bonchev–Trinajstić information content (AvgIpc) is 3.32. The van der Waals surface area contributed by atoms with E-state index in [1.807, 2.05) is 30.6 Å². The highest BCUT2D eigenvalue weighted by molar-refractivity contribution is 6.08. The van der Waals surface area contributed by atoms with Crippen LogP contribution in [-0.2, 0) is 6.54 Å². The molecule has 8 heteroatoms. The van der Waals surface area contributed by atoms with Crippen LogP contribution in [0.25, 0.3) is 16.6 Å². The van der Waals surface area contributed by atoms with Crippen molar-refractivity contribution in [2.75, 3.05) is 18.4 Å². The second kappa shape index (κ2) is 7.16. The van der Waals surface area contributed by atoms with Crippen LogP contribution >= 0.6 is 0 Å². The van der Waals surface area contributed by atoms with Crippen molar-refractivity contribution < 1.29 is 4.79 Å². The smallest absolute Gasteiger partial charge is 0.261 e. The number of benzene rings is 1. The van der Waals surface area contributed by atoms with E-state index in [-0.39, 0.29) is 5.91 Å². The van der Waals surface area contributed by atoms with Gasteiger partial charge in [0.2, 0.25) is 0 Å². The SMILES string of the molecule is CCN(CC)Cc1cnc2c(C(=O)Nc3ccc4[nH]ncc4c3)cnn2c1. The van der Waals surface area contributed by atoms with E-state index < -0.39 is 0 Å². The fourth-order valence-corrected chi connectivity index (χ4v) is 3.08. The summed E-state index contributed by atoms with van der Waals surface area (Å²) in [4.78, 5) is 19.4. The molecular weight excluding hydrogens is 342 g/mol. The number of carbonyl (C=O) groups is 1. The van der Waals surface area contributed by atoms with E-state index in [4.69, 9.17) is 0 Å². The summed E-state index contributed by atoms with van der Waals surface area (Å²) in [5, 5.41) is 15.0. The van der Waals surface area contributed by atoms with Crippen molar-refractivity contribution >= 4 is 28.1 Å². The standard InChI is InChI=1S/C19H21N7O/c1-3-25(4-2)11-13-8-20-18-16(10-22-26(18)12-13)19(27)23-15-5-6-17-14(7-15)9-21-24-17/h5-10,12H,3-4,11H2,1-2H3,(H,21,24)(H,23,27). The van der Waals surface area contributed by atoms with Gasteiger partial charge in [0.05, 0.1) is 17.9 Å². The number of hydrogen-bond donors (Lipinski definition) is 2. The molecule has 4 aromatic rings. The summed E-state index contributed by atoms with van der Waals surface area (Å²) in [5.74, 6) is -0.239. The minimum atomic E-state index is -0.239. The van der Waals surface area contributed by atoms with Gasteiger partial charge in [0.25, 0.3) is 5.91 Å². The quantitative estimate of drug-likeness (QED) is 0.550. The summed E-state index contributed by atoms with van der Waals surface area (Å²) in [5.41, 5.74) is 3.67. The number of H-pyrrole nitrogens is 1. The lowest BCUT2D eigenvalue weighted by atomic mass is 10.2. The molecule has 3 aromatic heterocycles. The normalized spacial score (nSPS) is 11.5. The van der Waals surface area contributed by atoms with Crippen LogP contribution in [-0.4, -0.2) is 48.7 Å². The summed E-state index contributed by atoms with van der Waals surface area (Å²) >= 11 is 0. The molecule has 0 aliphatic rings. The highest BCUT2D eigenvalue weighted by atomic mass is 16.1. The third-order valence-corrected chi connectivity index (χ3v) is 4.65. The molecule has 0 radical (unpaired) electrons. The molecule has 2 N–H and O–H groups in total. The van der Waals surface area contributed by atoms with Gasteiger partial charge < -0.3 is 5.32 Å². The average molecular weight is 363 g/mol. The first-order chi connectivity index (χ1) is 13.2. The van der Waals surface area contributed by atoms with Gasteiger partial charge >= 0.3 is 0 Å². The van der Waals surface area contributed by atoms with E-state index in [9.17, 15) is 4.79 Å². The van der Waals surface area contributed by atoms with Crippen LogP contribution in [0.1, 0.15) is 29.8 Å². The second-order valence-corrected chi connectivity index (χ2v) is 6.38. The second-order valence-electron chi connectivity index (χ2n) is 6.38. The fraction of sp³-hybridized carbons (Fsp3) is 0.263. The Kier molecular flexibility index (Phi) is 4.55. The molecule has 0 bridgehead atoms. The highest BCUT2D eigenvalue weighted by Gasteiger charge is 2.15. The molecular formula is C19H21N7O. The number of nitrogens with one attached hydrogen (secondary N) is 2. The minimum absolute atomic E-state index is 0.239. The zero-order chi connectivity index (χ0) is 18.8. The van der Waals surface area contributed by atoms with Crippen LogP contribution in [0.5, 0.6) is 0 Å². The van der Waals surface area contributed by atoms with Crippen LogP contribution < -0.4 is 5.32 Å². The van der Waals surface area contributed by atoms with Gasteiger partial charge in [-0.3, -0.25) is 14.8 Å². The molecule has 1 aromatic carbocycles. The first-order valence-electron chi connectivity index (χ1n) is 8.97. The van der Waals surface area contributed by atoms with Gasteiger partial charge in [-0.2, -0.15) is 10.2 Å². The zero-order valence-corrected chi connectivity index (χ0v) is 15.3. The molecule has 0 aliphatic carbocycles. The predicted octanol–water partition coefficient (Wildman–Crippen LogP) is 2.70. The predicted molar refractivity (Wildman–Crippen MR) is 104 cm³/mol. The molecule has 4 rings (SSSR count). The van der Waals surface area contributed by atoms with Gasteiger partial charge in [0.1, 0.15) is 5.56 Å². The first-order valence-corrected chi connectivity index (χ1v) is 8.97. The Morgan fingerprint density at radius 3 is 2.89 bits per heavy atom. The van der Waals surface area contributed by atoms with Crippen molar-refractivity contribution in [2.45, 2.75) is 20.4 Å². The number of aromatic nitrogens is 5. The molecule has 3 heterocycles. The van der Waals surface area contributed by atoms with Crippen molar-refractivity contribution in [1.29, 1.82) is 0 Å². The number of anilines is 1. The number of nitrogens with zero attached hydrogens (tertiary/aromatic N) is 5. The van der Waals surface area contributed by atoms with Crippen molar-refractivity contribution in [3.05, 3.63) is 54.1 Å². The van der Waals surface area contributed by atoms with Crippen molar-refractivity contribution in [3.8, 4) is 0 Å². The van der Waals surface area contributed by atoms with Gasteiger partial charge in [-0.25, -0.2) is 9.50 Å². The van der Waals surface area contributed by atoms with Gasteiger partial charge in [-0.1, -0.05) is 13.8 Å². The Hall–Kier alpha value is -3.26. The molecule has 1 amide bonds. The maximum atomic E-state index is 12.7. The van der Waals surface area contributed by atoms with Crippen LogP contribution in [0.4, 0.5) is 5.69 Å². The topological polar surface area (TPSA) is 91.2 Å². The Labute approximate surface area is 156 Å². The van der Waals surface area contributed by atoms with Crippen LogP contribution in [0.15, 0.2) is 43.0 Å². The number of aromatic amines is 1. The summed E-state index contributed by atoms with van der Waals surface area (Å²) in [6, 6.07) is 5.59. The number of rotatable bonds is 6. The van der Waals surface area contributed by atoms with E-state index in [2.05, 4.69) is 44.3 Å². The molecule has 27 heavy (non-hydrogen) atoms. The molecule has 0 saturated heterocycles. The summed E-state index contributed by atoms with van der Waals surface area (Å²) in [7, 11) is 0. The van der Waals surface area contributed by atoms with Crippen molar-refractivity contribution in [2.24, 2.45) is 0 Å². The van der Waals surface area contributed by atoms with Crippen LogP contribution in [0.3, 0.4) is 0 Å². The minimum Gasteiger partial charge on any atom is -0.322 e. The number of hydrogen-bond acceptors (Lipinski definition) is 5. The molecule has 0 saturated carbocycles. The third kappa shape index (κ3) is 3.39. The van der Waals surface area contributed by atoms with E-state index in [1.54, 1.807) is 16.9 Å². The van der Waals surface area contributed by atoms with Gasteiger partial charge in [-0.05, 0) is 31.3 Å². The summed E-state index contributed by atoms with van der Waals surface area (Å²) in [6.45, 7) is 7.02. The fourth-order valence-electron chi connectivity index (χ4n) is 3.08. The monoisotopic (exact) mass is 363 g/mol. The first kappa shape index (κ1) is 17.2. The van der Waals surface area contributed by atoms with Gasteiger partial charge in [0, 0.05) is 35.6 Å². The molecule has 138 valence electrons. The Morgan fingerprint density at radius 1 is 1.22 bits per heavy atom. The van der Waals surface area contributed by atoms with Crippen molar-refractivity contribution in [1.82, 2.24) is 29.7 Å². The van der Waals surface area contributed by atoms with E-state index in [0.29, 0.717) is 16.9 Å². The van der Waals surface area contributed by atoms with Gasteiger partial charge in [-0.15, -0.1) is 0 Å². The molecule has 0 spiro atoms. The lowest BCUT2D eigenvalue weighted by molar-refractivity contribution is 0.102. The van der Waals surface area contributed by atoms with E-state index in [1.165, 1.54) is 0 Å². The molecule has 0 fully saturated rings. The lowest BCUT2D eigenvalue weighted by Gasteiger charge is -2.17. The summed E-state index contributed by atoms with van der Waals surface area (Å²) < 4.78 is 1.66. The third-order valence-electron chi connectivity index (χ3n) is 4.65. The Bertz CT molecular complexity index is 1090.